The number of rotatable bonds is 36. The molecule has 18 nitrogen and oxygen atoms in total. The maximum atomic E-state index is 14.9. The average Bonchev–Trinajstić information content (AvgIpc) is 1.89. The Bertz CT molecular complexity index is 2840. The lowest BCUT2D eigenvalue weighted by Gasteiger charge is -2.44. The molecule has 0 aliphatic carbocycles. The Hall–Kier alpha value is -6.12. The number of ketones is 3. The summed E-state index contributed by atoms with van der Waals surface area (Å²) in [6, 6.07) is 15.2. The molecule has 2 saturated heterocycles. The van der Waals surface area contributed by atoms with Crippen LogP contribution in [0.15, 0.2) is 60.0 Å². The standard InChI is InChI=1S/C67H96N6O12S2/c1-13-43(6)53(65(81)71(10)55(42(4)5)37-59(85-46(9)74)64-70-54(40-87-64)63(80)69-50(32-44(7)67(83)84)33-47-22-16-14-17-23-47)36-58(77)56-25-19-21-31-73(56,11)39-49-28-26-48(27-29-49)34-57(76)45(8)68-62(79)52(41(2)3)35-51(75)24-18-15-20-30-72-61(78)38-60(86-12)66(72)82/h14,16-17,22-23,26-29,40-45,50,52-53,55-56,59-60H,13,15,18-21,24-25,30-39H2,1-12H3,(H2-,68,69,79,80,83,84)/p+1/t43-,44-,45-,50+,52-,53-,55+,56+,59+,60?,73?/m0/s1. The quantitative estimate of drug-likeness (QED) is 0.0212. The molecule has 2 unspecified atom stereocenters. The summed E-state index contributed by atoms with van der Waals surface area (Å²) in [5, 5.41) is 17.2. The smallest absolute Gasteiger partial charge is 0.306 e. The minimum absolute atomic E-state index is 0.0366. The molecule has 11 atom stereocenters. The molecule has 0 radical (unpaired) electrons. The number of thiazole rings is 1. The van der Waals surface area contributed by atoms with E-state index >= 15 is 0 Å². The van der Waals surface area contributed by atoms with Gasteiger partial charge in [-0.25, -0.2) is 4.98 Å². The number of quaternary nitrogens is 1. The molecule has 2 aliphatic rings. The predicted molar refractivity (Wildman–Crippen MR) is 338 cm³/mol. The van der Waals surface area contributed by atoms with Crippen molar-refractivity contribution in [3.63, 3.8) is 0 Å². The summed E-state index contributed by atoms with van der Waals surface area (Å²) in [6.45, 7) is 18.0. The van der Waals surface area contributed by atoms with Crippen molar-refractivity contribution >= 4 is 81.9 Å². The fraction of sp³-hybridized carbons (Fsp3) is 0.627. The van der Waals surface area contributed by atoms with Gasteiger partial charge in [0.15, 0.2) is 17.7 Å². The van der Waals surface area contributed by atoms with E-state index in [9.17, 15) is 53.1 Å². The number of benzene rings is 2. The van der Waals surface area contributed by atoms with Crippen LogP contribution < -0.4 is 10.6 Å². The second kappa shape index (κ2) is 34.0. The van der Waals surface area contributed by atoms with Gasteiger partial charge in [0.05, 0.1) is 30.8 Å². The van der Waals surface area contributed by atoms with Gasteiger partial charge >= 0.3 is 11.9 Å². The van der Waals surface area contributed by atoms with Crippen molar-refractivity contribution in [3.8, 4) is 0 Å². The van der Waals surface area contributed by atoms with Gasteiger partial charge < -0.3 is 29.9 Å². The van der Waals surface area contributed by atoms with Crippen molar-refractivity contribution in [3.05, 3.63) is 87.4 Å². The Balaban J connectivity index is 1.18. The number of carboxylic acid groups (broad SMARTS) is 1. The highest BCUT2D eigenvalue weighted by atomic mass is 32.2. The third-order valence-corrected chi connectivity index (χ3v) is 19.8. The van der Waals surface area contributed by atoms with Gasteiger partial charge in [0.1, 0.15) is 29.1 Å². The molecule has 3 N–H and O–H groups in total. The van der Waals surface area contributed by atoms with E-state index in [2.05, 4.69) is 22.7 Å². The van der Waals surface area contributed by atoms with E-state index < -0.39 is 59.8 Å². The second-order valence-corrected chi connectivity index (χ2v) is 27.4. The first-order chi connectivity index (χ1) is 41.2. The minimum Gasteiger partial charge on any atom is -0.481 e. The van der Waals surface area contributed by atoms with Crippen LogP contribution in [0.25, 0.3) is 0 Å². The first-order valence-corrected chi connectivity index (χ1v) is 33.5. The Kier molecular flexibility index (Phi) is 28.0. The number of unbranched alkanes of at least 4 members (excludes halogenated alkanes) is 2. The Morgan fingerprint density at radius 3 is 2.14 bits per heavy atom. The molecule has 2 aromatic carbocycles. The van der Waals surface area contributed by atoms with Gasteiger partial charge in [-0.2, -0.15) is 11.8 Å². The zero-order valence-electron chi connectivity index (χ0n) is 53.5. The number of piperidine rings is 1. The van der Waals surface area contributed by atoms with E-state index in [-0.39, 0.29) is 121 Å². The third kappa shape index (κ3) is 21.0. The average molecular weight is 1240 g/mol. The van der Waals surface area contributed by atoms with Gasteiger partial charge in [-0.3, -0.25) is 52.8 Å². The summed E-state index contributed by atoms with van der Waals surface area (Å²) in [6.07, 6.45) is 7.50. The van der Waals surface area contributed by atoms with Crippen LogP contribution in [0.2, 0.25) is 0 Å². The van der Waals surface area contributed by atoms with Crippen molar-refractivity contribution in [1.29, 1.82) is 0 Å². The summed E-state index contributed by atoms with van der Waals surface area (Å²) < 4.78 is 6.36. The second-order valence-electron chi connectivity index (χ2n) is 25.4. The summed E-state index contributed by atoms with van der Waals surface area (Å²) in [5.41, 5.74) is 2.82. The number of hydrogen-bond acceptors (Lipinski definition) is 14. The highest BCUT2D eigenvalue weighted by Crippen LogP contribution is 2.35. The maximum Gasteiger partial charge on any atom is 0.306 e. The van der Waals surface area contributed by atoms with E-state index in [1.54, 1.807) is 31.2 Å². The largest absolute Gasteiger partial charge is 0.481 e. The van der Waals surface area contributed by atoms with E-state index in [4.69, 9.17) is 4.74 Å². The van der Waals surface area contributed by atoms with Crippen molar-refractivity contribution in [2.45, 2.75) is 201 Å². The Labute approximate surface area is 524 Å². The van der Waals surface area contributed by atoms with Crippen LogP contribution in [0.1, 0.15) is 184 Å². The lowest BCUT2D eigenvalue weighted by molar-refractivity contribution is -0.941. The maximum absolute atomic E-state index is 14.9. The molecule has 5 amide bonds. The number of aromatic nitrogens is 1. The van der Waals surface area contributed by atoms with E-state index in [0.717, 1.165) is 36.1 Å². The number of likely N-dealkylation sites (tertiary alicyclic amines) is 2. The molecule has 20 heteroatoms. The molecule has 5 rings (SSSR count). The van der Waals surface area contributed by atoms with Crippen LogP contribution in [-0.4, -0.2) is 146 Å². The van der Waals surface area contributed by atoms with Crippen molar-refractivity contribution in [1.82, 2.24) is 25.4 Å². The zero-order valence-corrected chi connectivity index (χ0v) is 55.1. The fourth-order valence-electron chi connectivity index (χ4n) is 12.2. The van der Waals surface area contributed by atoms with Gasteiger partial charge in [-0.15, -0.1) is 11.3 Å². The van der Waals surface area contributed by atoms with Gasteiger partial charge in [0.25, 0.3) is 5.91 Å². The van der Waals surface area contributed by atoms with E-state index in [1.807, 2.05) is 102 Å². The molecule has 2 aliphatic heterocycles. The number of nitrogens with zero attached hydrogens (tertiary/aromatic N) is 4. The first-order valence-electron chi connectivity index (χ1n) is 31.3. The number of likely N-dealkylation sites (N-methyl/N-ethyl adjacent to an activating group) is 1. The highest BCUT2D eigenvalue weighted by Gasteiger charge is 2.44. The summed E-state index contributed by atoms with van der Waals surface area (Å²) >= 11 is 2.55. The molecule has 87 heavy (non-hydrogen) atoms. The molecular formula is C67H97N6O12S2+. The summed E-state index contributed by atoms with van der Waals surface area (Å²) in [7, 11) is 3.85. The molecular weight excluding hydrogens is 1140 g/mol. The molecule has 1 aromatic heterocycles. The van der Waals surface area contributed by atoms with E-state index in [0.29, 0.717) is 61.1 Å². The summed E-state index contributed by atoms with van der Waals surface area (Å²) in [5.74, 6) is -5.30. The monoisotopic (exact) mass is 1240 g/mol. The molecule has 3 aromatic rings. The number of ether oxygens (including phenoxy) is 1. The van der Waals surface area contributed by atoms with Crippen molar-refractivity contribution in [2.75, 3.05) is 33.4 Å². The lowest BCUT2D eigenvalue weighted by Crippen LogP contribution is -2.58. The molecule has 0 saturated carbocycles. The van der Waals surface area contributed by atoms with Crippen LogP contribution >= 0.6 is 23.1 Å². The number of carboxylic acids is 1. The van der Waals surface area contributed by atoms with Gasteiger partial charge in [-0.05, 0) is 80.6 Å². The normalized spacial score (nSPS) is 19.8. The van der Waals surface area contributed by atoms with Crippen LogP contribution in [0, 0.1) is 35.5 Å². The number of hydrogen-bond donors (Lipinski definition) is 3. The predicted octanol–water partition coefficient (Wildman–Crippen LogP) is 9.79. The van der Waals surface area contributed by atoms with Crippen LogP contribution in [0.3, 0.4) is 0 Å². The highest BCUT2D eigenvalue weighted by molar-refractivity contribution is 8.00. The number of carbonyl (C=O) groups excluding carboxylic acids is 9. The number of imide groups is 1. The van der Waals surface area contributed by atoms with Crippen LogP contribution in [0.4, 0.5) is 0 Å². The van der Waals surface area contributed by atoms with Gasteiger partial charge in [0.2, 0.25) is 23.6 Å². The number of thioether (sulfide) groups is 1. The molecule has 3 heterocycles. The number of Topliss-reactive ketones (excluding diaryl/α,β-unsaturated/α-hetero) is 3. The fourth-order valence-corrected chi connectivity index (χ4v) is 13.7. The van der Waals surface area contributed by atoms with Crippen LogP contribution in [-0.2, 0) is 67.3 Å². The molecule has 0 spiro atoms. The minimum atomic E-state index is -0.966. The lowest BCUT2D eigenvalue weighted by atomic mass is 9.82. The van der Waals surface area contributed by atoms with Crippen LogP contribution in [0.5, 0.6) is 0 Å². The molecule has 0 bridgehead atoms. The Morgan fingerprint density at radius 2 is 1.53 bits per heavy atom. The Morgan fingerprint density at radius 1 is 0.851 bits per heavy atom. The molecule has 478 valence electrons. The SMILES string of the molecule is CC[C@H](C)[C@H](CC(=O)[C@H]1CCCC[N+]1(C)Cc1ccc(CC(=O)[C@H](C)NC(=O)[C@@H](CC(=O)CCCCCN2C(=O)CC(SC)C2=O)C(C)C)cc1)C(=O)N(C)[C@H](C[C@@H](OC(C)=O)c1nc(C(=O)N[C@@H](Cc2ccccc2)C[C@H](C)C(=O)O)cs1)C(C)C. The zero-order chi connectivity index (χ0) is 64.3. The number of carbonyl (C=O) groups is 10. The van der Waals surface area contributed by atoms with Crippen molar-refractivity contribution in [2.24, 2.45) is 35.5 Å². The topological polar surface area (TPSA) is 244 Å². The van der Waals surface area contributed by atoms with Crippen molar-refractivity contribution < 1.29 is 62.3 Å². The van der Waals surface area contributed by atoms with Gasteiger partial charge in [-0.1, -0.05) is 116 Å². The summed E-state index contributed by atoms with van der Waals surface area (Å²) in [4.78, 5) is 140. The third-order valence-electron chi connectivity index (χ3n) is 17.9. The number of esters is 1. The van der Waals surface area contributed by atoms with E-state index in [1.165, 1.54) is 34.9 Å². The number of amides is 5. The first kappa shape index (κ1) is 71.6. The van der Waals surface area contributed by atoms with Gasteiger partial charge in [0, 0.05) is 100 Å². The number of aliphatic carboxylic acids is 1. The molecule has 2 fully saturated rings. The number of nitrogens with one attached hydrogen (secondary N) is 2.